The van der Waals surface area contributed by atoms with E-state index < -0.39 is 0 Å². The molecule has 0 amide bonds. The molecule has 4 rings (SSSR count). The topological polar surface area (TPSA) is 51.3 Å². The summed E-state index contributed by atoms with van der Waals surface area (Å²) in [6, 6.07) is 7.60. The molecule has 0 bridgehead atoms. The highest BCUT2D eigenvalue weighted by atomic mass is 15.6. The summed E-state index contributed by atoms with van der Waals surface area (Å²) in [5.41, 5.74) is 4.20. The molecule has 0 spiro atoms. The zero-order valence-corrected chi connectivity index (χ0v) is 17.7. The number of quaternary nitrogens is 1. The molecular formula is C22H35N6+. The first-order valence-electron chi connectivity index (χ1n) is 11.1. The zero-order chi connectivity index (χ0) is 19.5. The van der Waals surface area contributed by atoms with Crippen molar-refractivity contribution in [2.45, 2.75) is 71.4 Å². The van der Waals surface area contributed by atoms with Crippen LogP contribution >= 0.6 is 0 Å². The van der Waals surface area contributed by atoms with E-state index in [9.17, 15) is 0 Å². The van der Waals surface area contributed by atoms with Crippen molar-refractivity contribution >= 4 is 5.69 Å². The Hall–Kier alpha value is -1.95. The lowest BCUT2D eigenvalue weighted by molar-refractivity contribution is -0.933. The Labute approximate surface area is 168 Å². The lowest BCUT2D eigenvalue weighted by atomic mass is 10.0. The number of piperazine rings is 1. The maximum absolute atomic E-state index is 4.53. The van der Waals surface area contributed by atoms with Crippen LogP contribution in [0.2, 0.25) is 0 Å². The third-order valence-corrected chi connectivity index (χ3v) is 6.89. The zero-order valence-electron chi connectivity index (χ0n) is 17.7. The van der Waals surface area contributed by atoms with Gasteiger partial charge in [0.1, 0.15) is 6.04 Å². The van der Waals surface area contributed by atoms with Gasteiger partial charge in [0.2, 0.25) is 5.82 Å². The van der Waals surface area contributed by atoms with E-state index in [-0.39, 0.29) is 0 Å². The molecule has 152 valence electrons. The van der Waals surface area contributed by atoms with Crippen molar-refractivity contribution in [2.24, 2.45) is 0 Å². The summed E-state index contributed by atoms with van der Waals surface area (Å²) in [7, 11) is 0. The minimum absolute atomic E-state index is 0.418. The standard InChI is InChI=1S/C22H34N6/c1-4-8-21(22-23-24-25-28(22)19-10-5-6-11-19)27-15-13-26(14-16-27)20-12-7-9-17(2)18(20)3/h7,9,12,19,21H,4-6,8,10-11,13-16H2,1-3H3/p+1/t21-/m1/s1. The molecular weight excluding hydrogens is 348 g/mol. The Morgan fingerprint density at radius 3 is 2.61 bits per heavy atom. The van der Waals surface area contributed by atoms with E-state index in [0.717, 1.165) is 38.4 Å². The van der Waals surface area contributed by atoms with Crippen LogP contribution < -0.4 is 9.80 Å². The number of nitrogens with zero attached hydrogens (tertiary/aromatic N) is 5. The van der Waals surface area contributed by atoms with Crippen LogP contribution in [0.4, 0.5) is 5.69 Å². The van der Waals surface area contributed by atoms with Gasteiger partial charge in [-0.2, -0.15) is 0 Å². The maximum Gasteiger partial charge on any atom is 0.209 e. The van der Waals surface area contributed by atoms with Crippen LogP contribution in [0.1, 0.15) is 74.5 Å². The molecule has 1 aliphatic heterocycles. The van der Waals surface area contributed by atoms with Gasteiger partial charge in [0, 0.05) is 12.1 Å². The molecule has 1 atom stereocenters. The first-order valence-corrected chi connectivity index (χ1v) is 11.1. The highest BCUT2D eigenvalue weighted by Crippen LogP contribution is 2.30. The van der Waals surface area contributed by atoms with E-state index in [1.807, 2.05) is 0 Å². The number of rotatable bonds is 6. The Morgan fingerprint density at radius 2 is 1.89 bits per heavy atom. The van der Waals surface area contributed by atoms with Crippen molar-refractivity contribution in [2.75, 3.05) is 31.1 Å². The lowest BCUT2D eigenvalue weighted by Gasteiger charge is -2.38. The molecule has 2 aliphatic rings. The van der Waals surface area contributed by atoms with Crippen molar-refractivity contribution in [1.29, 1.82) is 0 Å². The van der Waals surface area contributed by atoms with E-state index in [1.165, 1.54) is 48.9 Å². The SMILES string of the molecule is CCC[C@H](c1nnnn1C1CCCC1)[NH+]1CCN(c2cccc(C)c2C)CC1. The van der Waals surface area contributed by atoms with Crippen molar-refractivity contribution in [3.05, 3.63) is 35.2 Å². The highest BCUT2D eigenvalue weighted by Gasteiger charge is 2.34. The normalized spacial score (nSPS) is 20.0. The second-order valence-corrected chi connectivity index (χ2v) is 8.63. The number of aryl methyl sites for hydroxylation is 1. The van der Waals surface area contributed by atoms with Crippen molar-refractivity contribution in [1.82, 2.24) is 20.2 Å². The molecule has 1 aromatic carbocycles. The summed E-state index contributed by atoms with van der Waals surface area (Å²) in [5, 5.41) is 13.0. The molecule has 1 aliphatic carbocycles. The summed E-state index contributed by atoms with van der Waals surface area (Å²) >= 11 is 0. The fourth-order valence-electron chi connectivity index (χ4n) is 5.10. The molecule has 0 unspecified atom stereocenters. The Morgan fingerprint density at radius 1 is 1.14 bits per heavy atom. The molecule has 1 saturated heterocycles. The smallest absolute Gasteiger partial charge is 0.209 e. The first kappa shape index (κ1) is 19.4. The average Bonchev–Trinajstić information content (AvgIpc) is 3.40. The van der Waals surface area contributed by atoms with Crippen LogP contribution in [0.3, 0.4) is 0 Å². The van der Waals surface area contributed by atoms with Gasteiger partial charge < -0.3 is 9.80 Å². The minimum atomic E-state index is 0.418. The number of hydrogen-bond donors (Lipinski definition) is 1. The number of nitrogens with one attached hydrogen (secondary N) is 1. The summed E-state index contributed by atoms with van der Waals surface area (Å²) < 4.78 is 2.18. The molecule has 2 heterocycles. The second-order valence-electron chi connectivity index (χ2n) is 8.63. The number of anilines is 1. The fraction of sp³-hybridized carbons (Fsp3) is 0.682. The van der Waals surface area contributed by atoms with Crippen molar-refractivity contribution < 1.29 is 4.90 Å². The predicted molar refractivity (Wildman–Crippen MR) is 112 cm³/mol. The number of hydrogen-bond acceptors (Lipinski definition) is 4. The molecule has 2 fully saturated rings. The van der Waals surface area contributed by atoms with E-state index in [0.29, 0.717) is 12.1 Å². The summed E-state index contributed by atoms with van der Waals surface area (Å²) in [6.07, 6.45) is 7.41. The summed E-state index contributed by atoms with van der Waals surface area (Å²) in [4.78, 5) is 4.21. The summed E-state index contributed by atoms with van der Waals surface area (Å²) in [6.45, 7) is 11.2. The third kappa shape index (κ3) is 3.79. The van der Waals surface area contributed by atoms with Crippen LogP contribution in [0.25, 0.3) is 0 Å². The van der Waals surface area contributed by atoms with Crippen molar-refractivity contribution in [3.63, 3.8) is 0 Å². The van der Waals surface area contributed by atoms with Gasteiger partial charge in [-0.3, -0.25) is 0 Å². The lowest BCUT2D eigenvalue weighted by Crippen LogP contribution is -3.15. The van der Waals surface area contributed by atoms with E-state index in [4.69, 9.17) is 0 Å². The largest absolute Gasteiger partial charge is 0.360 e. The van der Waals surface area contributed by atoms with Gasteiger partial charge in [0.15, 0.2) is 0 Å². The summed E-state index contributed by atoms with van der Waals surface area (Å²) in [5.74, 6) is 1.13. The van der Waals surface area contributed by atoms with Crippen LogP contribution in [-0.4, -0.2) is 46.4 Å². The van der Waals surface area contributed by atoms with Crippen LogP contribution in [0.5, 0.6) is 0 Å². The van der Waals surface area contributed by atoms with Gasteiger partial charge in [0.05, 0.1) is 32.2 Å². The number of aromatic nitrogens is 4. The van der Waals surface area contributed by atoms with Gasteiger partial charge in [-0.25, -0.2) is 4.68 Å². The molecule has 2 aromatic rings. The second kappa shape index (κ2) is 8.60. The number of benzene rings is 1. The van der Waals surface area contributed by atoms with Gasteiger partial charge in [0.25, 0.3) is 0 Å². The Bertz CT molecular complexity index is 771. The van der Waals surface area contributed by atoms with E-state index in [1.54, 1.807) is 4.90 Å². The monoisotopic (exact) mass is 383 g/mol. The van der Waals surface area contributed by atoms with Gasteiger partial charge in [-0.05, 0) is 54.3 Å². The molecule has 6 heteroatoms. The Balaban J connectivity index is 1.49. The fourth-order valence-corrected chi connectivity index (χ4v) is 5.10. The van der Waals surface area contributed by atoms with Crippen LogP contribution in [0, 0.1) is 13.8 Å². The number of tetrazole rings is 1. The quantitative estimate of drug-likeness (QED) is 0.833. The van der Waals surface area contributed by atoms with Crippen LogP contribution in [-0.2, 0) is 0 Å². The van der Waals surface area contributed by atoms with E-state index in [2.05, 4.69) is 64.1 Å². The van der Waals surface area contributed by atoms with Gasteiger partial charge in [-0.1, -0.05) is 38.3 Å². The molecule has 28 heavy (non-hydrogen) atoms. The molecule has 6 nitrogen and oxygen atoms in total. The average molecular weight is 384 g/mol. The highest BCUT2D eigenvalue weighted by molar-refractivity contribution is 5.56. The van der Waals surface area contributed by atoms with Gasteiger partial charge in [-0.15, -0.1) is 5.10 Å². The Kier molecular flexibility index (Phi) is 5.95. The first-order chi connectivity index (χ1) is 13.7. The van der Waals surface area contributed by atoms with Gasteiger partial charge >= 0.3 is 0 Å². The molecule has 1 saturated carbocycles. The van der Waals surface area contributed by atoms with Crippen LogP contribution in [0.15, 0.2) is 18.2 Å². The molecule has 1 N–H and O–H groups in total. The maximum atomic E-state index is 4.53. The molecule has 0 radical (unpaired) electrons. The van der Waals surface area contributed by atoms with E-state index >= 15 is 0 Å². The minimum Gasteiger partial charge on any atom is -0.360 e. The van der Waals surface area contributed by atoms with Crippen molar-refractivity contribution in [3.8, 4) is 0 Å². The predicted octanol–water partition coefficient (Wildman–Crippen LogP) is 2.65. The molecule has 1 aromatic heterocycles. The third-order valence-electron chi connectivity index (χ3n) is 6.89.